The van der Waals surface area contributed by atoms with Crippen LogP contribution in [0.4, 0.5) is 4.39 Å². The molecule has 1 aromatic heterocycles. The minimum absolute atomic E-state index is 0.0865. The zero-order valence-electron chi connectivity index (χ0n) is 14.0. The predicted molar refractivity (Wildman–Crippen MR) is 91.4 cm³/mol. The van der Waals surface area contributed by atoms with Gasteiger partial charge in [0.05, 0.1) is 18.0 Å². The van der Waals surface area contributed by atoms with Crippen LogP contribution in [0.25, 0.3) is 11.4 Å². The number of nitrogens with zero attached hydrogens (tertiary/aromatic N) is 2. The van der Waals surface area contributed by atoms with Gasteiger partial charge in [-0.3, -0.25) is 0 Å². The summed E-state index contributed by atoms with van der Waals surface area (Å²) in [6, 6.07) is 10.8. The van der Waals surface area contributed by atoms with Crippen molar-refractivity contribution in [1.82, 2.24) is 14.9 Å². The summed E-state index contributed by atoms with van der Waals surface area (Å²) in [6.45, 7) is 1.59. The quantitative estimate of drug-likeness (QED) is 0.710. The number of benzene rings is 2. The smallest absolute Gasteiger partial charge is 0.244 e. The maximum Gasteiger partial charge on any atom is 0.244 e. The van der Waals surface area contributed by atoms with Gasteiger partial charge < -0.3 is 9.26 Å². The molecule has 0 radical (unpaired) electrons. The van der Waals surface area contributed by atoms with E-state index in [0.29, 0.717) is 11.3 Å². The Labute approximate surface area is 149 Å². The van der Waals surface area contributed by atoms with Crippen molar-refractivity contribution in [2.75, 3.05) is 7.11 Å². The van der Waals surface area contributed by atoms with Gasteiger partial charge in [-0.05, 0) is 55.5 Å². The third-order valence-electron chi connectivity index (χ3n) is 3.62. The first-order chi connectivity index (χ1) is 12.4. The molecule has 0 saturated heterocycles. The van der Waals surface area contributed by atoms with Crippen molar-refractivity contribution in [1.29, 1.82) is 0 Å². The fourth-order valence-corrected chi connectivity index (χ4v) is 3.43. The Bertz CT molecular complexity index is 986. The van der Waals surface area contributed by atoms with E-state index < -0.39 is 16.1 Å². The summed E-state index contributed by atoms with van der Waals surface area (Å²) in [4.78, 5) is 4.25. The van der Waals surface area contributed by atoms with E-state index in [1.165, 1.54) is 43.5 Å². The predicted octanol–water partition coefficient (Wildman–Crippen LogP) is 2.92. The van der Waals surface area contributed by atoms with Gasteiger partial charge in [0.25, 0.3) is 0 Å². The van der Waals surface area contributed by atoms with Crippen LogP contribution in [0.5, 0.6) is 5.75 Å². The fourth-order valence-electron chi connectivity index (χ4n) is 2.23. The number of hydrogen-bond acceptors (Lipinski definition) is 6. The molecule has 1 atom stereocenters. The van der Waals surface area contributed by atoms with Gasteiger partial charge in [0.2, 0.25) is 21.7 Å². The summed E-state index contributed by atoms with van der Waals surface area (Å²) in [5, 5.41) is 3.80. The Morgan fingerprint density at radius 3 is 2.38 bits per heavy atom. The van der Waals surface area contributed by atoms with Gasteiger partial charge in [-0.1, -0.05) is 5.16 Å². The highest BCUT2D eigenvalue weighted by molar-refractivity contribution is 7.89. The van der Waals surface area contributed by atoms with Crippen LogP contribution in [0.3, 0.4) is 0 Å². The van der Waals surface area contributed by atoms with Gasteiger partial charge in [0.1, 0.15) is 11.6 Å². The number of halogens is 1. The lowest BCUT2D eigenvalue weighted by molar-refractivity contribution is 0.354. The van der Waals surface area contributed by atoms with Crippen LogP contribution in [0, 0.1) is 5.82 Å². The maximum atomic E-state index is 13.0. The molecule has 0 aliphatic heterocycles. The number of hydrogen-bond donors (Lipinski definition) is 1. The second-order valence-corrected chi connectivity index (χ2v) is 7.20. The number of sulfonamides is 1. The summed E-state index contributed by atoms with van der Waals surface area (Å²) in [5.41, 5.74) is 0.562. The SMILES string of the molecule is COc1ccc(S(=O)(=O)NC(C)c2nc(-c3ccc(F)cc3)no2)cc1. The molecule has 1 heterocycles. The summed E-state index contributed by atoms with van der Waals surface area (Å²) >= 11 is 0. The van der Waals surface area contributed by atoms with E-state index in [9.17, 15) is 12.8 Å². The molecule has 1 N–H and O–H groups in total. The Morgan fingerprint density at radius 2 is 1.77 bits per heavy atom. The Hall–Kier alpha value is -2.78. The molecule has 0 bridgehead atoms. The van der Waals surface area contributed by atoms with Crippen molar-refractivity contribution < 1.29 is 22.1 Å². The lowest BCUT2D eigenvalue weighted by atomic mass is 10.2. The molecule has 1 unspecified atom stereocenters. The monoisotopic (exact) mass is 377 g/mol. The van der Waals surface area contributed by atoms with Crippen LogP contribution in [0.1, 0.15) is 18.9 Å². The molecule has 3 rings (SSSR count). The number of aromatic nitrogens is 2. The van der Waals surface area contributed by atoms with E-state index in [0.717, 1.165) is 0 Å². The van der Waals surface area contributed by atoms with Crippen molar-refractivity contribution in [2.45, 2.75) is 17.9 Å². The number of rotatable bonds is 6. The van der Waals surface area contributed by atoms with E-state index in [1.54, 1.807) is 19.1 Å². The van der Waals surface area contributed by atoms with Gasteiger partial charge in [-0.25, -0.2) is 12.8 Å². The Kier molecular flexibility index (Phi) is 5.01. The molecule has 136 valence electrons. The summed E-state index contributed by atoms with van der Waals surface area (Å²) in [7, 11) is -2.28. The summed E-state index contributed by atoms with van der Waals surface area (Å²) < 4.78 is 50.5. The zero-order chi connectivity index (χ0) is 18.7. The first-order valence-electron chi connectivity index (χ1n) is 7.65. The average molecular weight is 377 g/mol. The molecule has 7 nitrogen and oxygen atoms in total. The number of nitrogens with one attached hydrogen (secondary N) is 1. The highest BCUT2D eigenvalue weighted by atomic mass is 32.2. The van der Waals surface area contributed by atoms with E-state index in [4.69, 9.17) is 9.26 Å². The van der Waals surface area contributed by atoms with Crippen molar-refractivity contribution >= 4 is 10.0 Å². The number of methoxy groups -OCH3 is 1. The maximum absolute atomic E-state index is 13.0. The molecule has 0 amide bonds. The van der Waals surface area contributed by atoms with Crippen molar-refractivity contribution in [3.63, 3.8) is 0 Å². The van der Waals surface area contributed by atoms with Crippen LogP contribution >= 0.6 is 0 Å². The van der Waals surface area contributed by atoms with Crippen LogP contribution in [-0.4, -0.2) is 25.7 Å². The van der Waals surface area contributed by atoms with E-state index in [2.05, 4.69) is 14.9 Å². The van der Waals surface area contributed by atoms with Crippen LogP contribution in [0.15, 0.2) is 57.9 Å². The lowest BCUT2D eigenvalue weighted by Crippen LogP contribution is -2.27. The molecule has 26 heavy (non-hydrogen) atoms. The molecule has 9 heteroatoms. The second-order valence-electron chi connectivity index (χ2n) is 5.48. The topological polar surface area (TPSA) is 94.3 Å². The van der Waals surface area contributed by atoms with Gasteiger partial charge >= 0.3 is 0 Å². The molecule has 0 aliphatic carbocycles. The van der Waals surface area contributed by atoms with Gasteiger partial charge in [0.15, 0.2) is 0 Å². The molecular formula is C17H16FN3O4S. The van der Waals surface area contributed by atoms with Crippen LogP contribution in [-0.2, 0) is 10.0 Å². The summed E-state index contributed by atoms with van der Waals surface area (Å²) in [6.07, 6.45) is 0. The standard InChI is InChI=1S/C17H16FN3O4S/c1-11(21-26(22,23)15-9-7-14(24-2)8-10-15)17-19-16(20-25-17)12-3-5-13(18)6-4-12/h3-11,21H,1-2H3. The van der Waals surface area contributed by atoms with Crippen molar-refractivity contribution in [3.05, 3.63) is 60.2 Å². The van der Waals surface area contributed by atoms with Gasteiger partial charge in [-0.15, -0.1) is 0 Å². The van der Waals surface area contributed by atoms with E-state index in [1.807, 2.05) is 0 Å². The van der Waals surface area contributed by atoms with Crippen molar-refractivity contribution in [3.8, 4) is 17.1 Å². The molecule has 2 aromatic carbocycles. The Morgan fingerprint density at radius 1 is 1.12 bits per heavy atom. The third-order valence-corrected chi connectivity index (χ3v) is 5.17. The molecule has 0 spiro atoms. The fraction of sp³-hybridized carbons (Fsp3) is 0.176. The molecular weight excluding hydrogens is 361 g/mol. The molecule has 0 fully saturated rings. The van der Waals surface area contributed by atoms with Gasteiger partial charge in [-0.2, -0.15) is 9.71 Å². The number of ether oxygens (including phenoxy) is 1. The Balaban J connectivity index is 1.76. The van der Waals surface area contributed by atoms with E-state index in [-0.39, 0.29) is 22.4 Å². The largest absolute Gasteiger partial charge is 0.497 e. The zero-order valence-corrected chi connectivity index (χ0v) is 14.8. The normalized spacial score (nSPS) is 12.7. The van der Waals surface area contributed by atoms with Crippen LogP contribution < -0.4 is 9.46 Å². The second kappa shape index (κ2) is 7.22. The highest BCUT2D eigenvalue weighted by Gasteiger charge is 2.22. The highest BCUT2D eigenvalue weighted by Crippen LogP contribution is 2.21. The minimum Gasteiger partial charge on any atom is -0.497 e. The molecule has 0 saturated carbocycles. The van der Waals surface area contributed by atoms with Gasteiger partial charge in [0, 0.05) is 5.56 Å². The summed E-state index contributed by atoms with van der Waals surface area (Å²) in [5.74, 6) is 0.521. The van der Waals surface area contributed by atoms with Crippen molar-refractivity contribution in [2.24, 2.45) is 0 Å². The first-order valence-corrected chi connectivity index (χ1v) is 9.13. The molecule has 3 aromatic rings. The van der Waals surface area contributed by atoms with E-state index >= 15 is 0 Å². The third kappa shape index (κ3) is 3.89. The van der Waals surface area contributed by atoms with Crippen LogP contribution in [0.2, 0.25) is 0 Å². The lowest BCUT2D eigenvalue weighted by Gasteiger charge is -2.11. The first kappa shape index (κ1) is 18.0. The average Bonchev–Trinajstić information content (AvgIpc) is 3.12. The molecule has 0 aliphatic rings. The minimum atomic E-state index is -3.78.